The Morgan fingerprint density at radius 1 is 1.26 bits per heavy atom. The van der Waals surface area contributed by atoms with E-state index in [9.17, 15) is 4.79 Å². The van der Waals surface area contributed by atoms with E-state index >= 15 is 0 Å². The molecule has 0 spiro atoms. The Morgan fingerprint density at radius 2 is 2.00 bits per heavy atom. The first-order chi connectivity index (χ1) is 11.1. The molecule has 1 atom stereocenters. The molecule has 6 heteroatoms. The van der Waals surface area contributed by atoms with Crippen molar-refractivity contribution in [2.45, 2.75) is 12.9 Å². The second-order valence-corrected chi connectivity index (χ2v) is 5.59. The van der Waals surface area contributed by atoms with Crippen LogP contribution in [0.2, 0.25) is 0 Å². The van der Waals surface area contributed by atoms with Crippen LogP contribution in [-0.2, 0) is 11.3 Å². The summed E-state index contributed by atoms with van der Waals surface area (Å²) in [6.07, 6.45) is 1.11. The number of H-pyrrole nitrogens is 1. The number of anilines is 1. The number of nitrogens with one attached hydrogen (secondary N) is 1. The van der Waals surface area contributed by atoms with Gasteiger partial charge in [-0.25, -0.2) is 4.99 Å². The topological polar surface area (TPSA) is 60.9 Å². The van der Waals surface area contributed by atoms with Gasteiger partial charge in [0.25, 0.3) is 0 Å². The van der Waals surface area contributed by atoms with E-state index in [2.05, 4.69) is 9.98 Å². The van der Waals surface area contributed by atoms with Gasteiger partial charge in [-0.1, -0.05) is 30.3 Å². The molecule has 6 nitrogen and oxygen atoms in total. The van der Waals surface area contributed by atoms with Crippen LogP contribution in [0.25, 0.3) is 0 Å². The molecule has 0 aliphatic carbocycles. The van der Waals surface area contributed by atoms with E-state index in [0.29, 0.717) is 23.8 Å². The molecule has 1 unspecified atom stereocenters. The number of aromatic nitrogens is 1. The molecule has 120 valence electrons. The number of fused-ring (bicyclic) bond motifs is 1. The van der Waals surface area contributed by atoms with E-state index in [4.69, 9.17) is 4.74 Å². The lowest BCUT2D eigenvalue weighted by Gasteiger charge is -2.36. The molecule has 0 fully saturated rings. The molecule has 0 saturated heterocycles. The van der Waals surface area contributed by atoms with Gasteiger partial charge in [-0.05, 0) is 5.56 Å². The van der Waals surface area contributed by atoms with Crippen LogP contribution in [0.4, 0.5) is 5.69 Å². The first-order valence-electron chi connectivity index (χ1n) is 7.42. The summed E-state index contributed by atoms with van der Waals surface area (Å²) in [6.45, 7) is 0.545. The molecule has 1 aromatic heterocycles. The molecule has 2 heterocycles. The van der Waals surface area contributed by atoms with Gasteiger partial charge in [-0.15, -0.1) is 0 Å². The number of methoxy groups -OCH3 is 1. The van der Waals surface area contributed by atoms with Crippen molar-refractivity contribution in [2.75, 3.05) is 26.1 Å². The maximum Gasteiger partial charge on any atom is 0.230 e. The molecule has 0 saturated carbocycles. The van der Waals surface area contributed by atoms with E-state index in [0.717, 1.165) is 5.56 Å². The lowest BCUT2D eigenvalue weighted by molar-refractivity contribution is 0.102. The summed E-state index contributed by atoms with van der Waals surface area (Å²) in [4.78, 5) is 24.1. The second kappa shape index (κ2) is 6.26. The Labute approximate surface area is 135 Å². The molecule has 3 rings (SSSR count). The van der Waals surface area contributed by atoms with Gasteiger partial charge in [0.1, 0.15) is 11.4 Å². The van der Waals surface area contributed by atoms with Crippen LogP contribution in [-0.4, -0.2) is 43.3 Å². The van der Waals surface area contributed by atoms with Crippen LogP contribution in [0.5, 0.6) is 0 Å². The normalized spacial score (nSPS) is 16.7. The van der Waals surface area contributed by atoms with Crippen molar-refractivity contribution in [1.82, 2.24) is 9.88 Å². The summed E-state index contributed by atoms with van der Waals surface area (Å²) in [6, 6.07) is 11.5. The number of rotatable bonds is 3. The van der Waals surface area contributed by atoms with E-state index in [-0.39, 0.29) is 5.43 Å². The average molecular weight is 312 g/mol. The van der Waals surface area contributed by atoms with Gasteiger partial charge in [0.15, 0.2) is 5.84 Å². The number of hydrogen-bond donors (Lipinski definition) is 1. The fourth-order valence-corrected chi connectivity index (χ4v) is 2.73. The standard InChI is InChI=1S/C17H20N4O2/c1-20(2)16-14-15(13(22)9-10-18-14)21(17(19-16)23-3)11-12-7-5-4-6-8-12/h4-10,17H,11H2,1-3H3,(H,18,22). The lowest BCUT2D eigenvalue weighted by atomic mass is 10.1. The molecule has 1 aromatic carbocycles. The summed E-state index contributed by atoms with van der Waals surface area (Å²) in [5, 5.41) is 0. The van der Waals surface area contributed by atoms with Crippen LogP contribution >= 0.6 is 0 Å². The molecule has 0 bridgehead atoms. The average Bonchev–Trinajstić information content (AvgIpc) is 2.55. The summed E-state index contributed by atoms with van der Waals surface area (Å²) < 4.78 is 5.53. The monoisotopic (exact) mass is 312 g/mol. The van der Waals surface area contributed by atoms with E-state index in [1.807, 2.05) is 54.2 Å². The fraction of sp³-hybridized carbons (Fsp3) is 0.294. The predicted octanol–water partition coefficient (Wildman–Crippen LogP) is 1.63. The quantitative estimate of drug-likeness (QED) is 0.936. The minimum absolute atomic E-state index is 0.0500. The maximum absolute atomic E-state index is 12.5. The van der Waals surface area contributed by atoms with Crippen molar-refractivity contribution in [3.8, 4) is 0 Å². The number of benzene rings is 1. The zero-order valence-electron chi connectivity index (χ0n) is 13.5. The number of amidine groups is 1. The molecule has 0 radical (unpaired) electrons. The highest BCUT2D eigenvalue weighted by atomic mass is 16.5. The number of hydrogen-bond acceptors (Lipinski definition) is 5. The number of pyridine rings is 1. The van der Waals surface area contributed by atoms with Crippen LogP contribution < -0.4 is 10.3 Å². The summed E-state index contributed by atoms with van der Waals surface area (Å²) in [5.41, 5.74) is 2.34. The van der Waals surface area contributed by atoms with E-state index in [1.54, 1.807) is 13.3 Å². The Morgan fingerprint density at radius 3 is 2.65 bits per heavy atom. The van der Waals surface area contributed by atoms with Crippen molar-refractivity contribution < 1.29 is 4.74 Å². The van der Waals surface area contributed by atoms with Crippen molar-refractivity contribution in [3.63, 3.8) is 0 Å². The smallest absolute Gasteiger partial charge is 0.230 e. The third-order valence-electron chi connectivity index (χ3n) is 3.77. The zero-order chi connectivity index (χ0) is 16.4. The van der Waals surface area contributed by atoms with Crippen molar-refractivity contribution >= 4 is 11.5 Å². The van der Waals surface area contributed by atoms with Gasteiger partial charge >= 0.3 is 0 Å². The Kier molecular flexibility index (Phi) is 4.16. The van der Waals surface area contributed by atoms with Crippen LogP contribution in [0.1, 0.15) is 11.3 Å². The van der Waals surface area contributed by atoms with Crippen LogP contribution in [0, 0.1) is 0 Å². The molecular weight excluding hydrogens is 292 g/mol. The van der Waals surface area contributed by atoms with Gasteiger partial charge < -0.3 is 19.5 Å². The molecule has 1 aliphatic heterocycles. The summed E-state index contributed by atoms with van der Waals surface area (Å²) >= 11 is 0. The van der Waals surface area contributed by atoms with E-state index < -0.39 is 6.35 Å². The first kappa shape index (κ1) is 15.3. The predicted molar refractivity (Wildman–Crippen MR) is 90.7 cm³/mol. The third kappa shape index (κ3) is 2.85. The molecule has 1 N–H and O–H groups in total. The highest BCUT2D eigenvalue weighted by Gasteiger charge is 2.31. The summed E-state index contributed by atoms with van der Waals surface area (Å²) in [5.74, 6) is 0.703. The minimum atomic E-state index is -0.538. The Bertz CT molecular complexity index is 768. The Balaban J connectivity index is 2.11. The lowest BCUT2D eigenvalue weighted by Crippen LogP contribution is -2.45. The molecule has 2 aromatic rings. The van der Waals surface area contributed by atoms with Gasteiger partial charge in [-0.2, -0.15) is 0 Å². The molecule has 23 heavy (non-hydrogen) atoms. The van der Waals surface area contributed by atoms with Gasteiger partial charge in [-0.3, -0.25) is 4.79 Å². The number of aromatic amines is 1. The summed E-state index contributed by atoms with van der Waals surface area (Å²) in [7, 11) is 5.39. The molecule has 1 aliphatic rings. The zero-order valence-corrected chi connectivity index (χ0v) is 13.5. The highest BCUT2D eigenvalue weighted by Crippen LogP contribution is 2.26. The van der Waals surface area contributed by atoms with Crippen LogP contribution in [0.3, 0.4) is 0 Å². The SMILES string of the molecule is COC1N=C(N(C)C)c2[nH]ccc(=O)c2N1Cc1ccccc1. The van der Waals surface area contributed by atoms with E-state index in [1.165, 1.54) is 6.07 Å². The number of aliphatic imine (C=N–C) groups is 1. The van der Waals surface area contributed by atoms with Crippen molar-refractivity contribution in [2.24, 2.45) is 4.99 Å². The Hall–Kier alpha value is -2.60. The fourth-order valence-electron chi connectivity index (χ4n) is 2.73. The minimum Gasteiger partial charge on any atom is -0.361 e. The second-order valence-electron chi connectivity index (χ2n) is 5.59. The third-order valence-corrected chi connectivity index (χ3v) is 3.77. The number of ether oxygens (including phenoxy) is 1. The van der Waals surface area contributed by atoms with Crippen LogP contribution in [0.15, 0.2) is 52.4 Å². The van der Waals surface area contributed by atoms with Crippen molar-refractivity contribution in [3.05, 3.63) is 64.1 Å². The maximum atomic E-state index is 12.5. The number of nitrogens with zero attached hydrogens (tertiary/aromatic N) is 3. The first-order valence-corrected chi connectivity index (χ1v) is 7.42. The molecule has 0 amide bonds. The highest BCUT2D eigenvalue weighted by molar-refractivity contribution is 6.02. The molecular formula is C17H20N4O2. The van der Waals surface area contributed by atoms with Gasteiger partial charge in [0.05, 0.1) is 0 Å². The van der Waals surface area contributed by atoms with Gasteiger partial charge in [0.2, 0.25) is 11.8 Å². The van der Waals surface area contributed by atoms with Crippen molar-refractivity contribution in [1.29, 1.82) is 0 Å². The largest absolute Gasteiger partial charge is 0.361 e. The van der Waals surface area contributed by atoms with Gasteiger partial charge in [0, 0.05) is 40.0 Å².